The highest BCUT2D eigenvalue weighted by molar-refractivity contribution is 6.36. The highest BCUT2D eigenvalue weighted by Gasteiger charge is 2.34. The lowest BCUT2D eigenvalue weighted by Gasteiger charge is -2.32. The molecule has 0 amide bonds. The van der Waals surface area contributed by atoms with E-state index in [0.29, 0.717) is 11.8 Å². The average molecular weight is 272 g/mol. The van der Waals surface area contributed by atoms with Crippen molar-refractivity contribution >= 4 is 28.9 Å². The smallest absolute Gasteiger partial charge is 0.0655 e. The highest BCUT2D eigenvalue weighted by atomic mass is 35.5. The molecule has 94 valence electrons. The first-order valence-corrected chi connectivity index (χ1v) is 6.79. The number of fused-ring (bicyclic) bond motifs is 1. The first-order valence-electron chi connectivity index (χ1n) is 6.03. The number of hydrogen-bond donors (Lipinski definition) is 1. The molecule has 2 rings (SSSR count). The minimum absolute atomic E-state index is 0.281. The van der Waals surface area contributed by atoms with Gasteiger partial charge in [0.2, 0.25) is 0 Å². The quantitative estimate of drug-likeness (QED) is 0.742. The summed E-state index contributed by atoms with van der Waals surface area (Å²) in [5.74, 6) is 1.06. The summed E-state index contributed by atoms with van der Waals surface area (Å²) in [4.78, 5) is 0. The van der Waals surface area contributed by atoms with Crippen LogP contribution in [0, 0.1) is 11.3 Å². The van der Waals surface area contributed by atoms with Gasteiger partial charge in [0.25, 0.3) is 0 Å². The van der Waals surface area contributed by atoms with Crippen molar-refractivity contribution in [3.8, 4) is 0 Å². The maximum Gasteiger partial charge on any atom is 0.0655 e. The van der Waals surface area contributed by atoms with Gasteiger partial charge in [-0.05, 0) is 29.0 Å². The molecule has 1 aliphatic heterocycles. The lowest BCUT2D eigenvalue weighted by molar-refractivity contribution is 0.228. The minimum Gasteiger partial charge on any atom is -0.383 e. The Morgan fingerprint density at radius 2 is 1.94 bits per heavy atom. The minimum atomic E-state index is 0.281. The van der Waals surface area contributed by atoms with Gasteiger partial charge in [-0.2, -0.15) is 0 Å². The summed E-state index contributed by atoms with van der Waals surface area (Å²) in [6.45, 7) is 10.1. The summed E-state index contributed by atoms with van der Waals surface area (Å²) in [5.41, 5.74) is 2.62. The highest BCUT2D eigenvalue weighted by Crippen LogP contribution is 2.46. The third kappa shape index (κ3) is 2.41. The molecule has 0 fully saturated rings. The van der Waals surface area contributed by atoms with E-state index in [4.69, 9.17) is 23.2 Å². The normalized spacial score (nSPS) is 20.9. The van der Waals surface area contributed by atoms with E-state index in [1.165, 1.54) is 5.56 Å². The maximum atomic E-state index is 6.21. The molecular formula is C14H19Cl2N. The second kappa shape index (κ2) is 4.37. The fourth-order valence-electron chi connectivity index (χ4n) is 2.44. The third-order valence-electron chi connectivity index (χ3n) is 3.95. The number of hydrogen-bond acceptors (Lipinski definition) is 1. The molecule has 1 aliphatic rings. The Bertz CT molecular complexity index is 435. The maximum absolute atomic E-state index is 6.21. The standard InChI is InChI=1S/C14H19Cl2N/c1-8(14(2,3)4)11-7-17-13-10(11)5-9(15)6-12(13)16/h5-6,8,11,17H,7H2,1-4H3. The van der Waals surface area contributed by atoms with Gasteiger partial charge in [0.15, 0.2) is 0 Å². The summed E-state index contributed by atoms with van der Waals surface area (Å²) >= 11 is 12.3. The Hall–Kier alpha value is -0.400. The second-order valence-electron chi connectivity index (χ2n) is 5.99. The summed E-state index contributed by atoms with van der Waals surface area (Å²) < 4.78 is 0. The van der Waals surface area contributed by atoms with Gasteiger partial charge in [-0.25, -0.2) is 0 Å². The molecule has 17 heavy (non-hydrogen) atoms. The Labute approximate surface area is 114 Å². The molecule has 1 heterocycles. The third-order valence-corrected chi connectivity index (χ3v) is 4.47. The lowest BCUT2D eigenvalue weighted by Crippen LogP contribution is -2.25. The Balaban J connectivity index is 2.40. The Morgan fingerprint density at radius 3 is 2.53 bits per heavy atom. The van der Waals surface area contributed by atoms with Gasteiger partial charge in [-0.15, -0.1) is 0 Å². The van der Waals surface area contributed by atoms with Crippen molar-refractivity contribution in [2.24, 2.45) is 11.3 Å². The van der Waals surface area contributed by atoms with Gasteiger partial charge in [0.1, 0.15) is 0 Å². The number of benzene rings is 1. The number of rotatable bonds is 1. The van der Waals surface area contributed by atoms with Crippen LogP contribution < -0.4 is 5.32 Å². The molecule has 2 unspecified atom stereocenters. The van der Waals surface area contributed by atoms with Crippen LogP contribution in [0.3, 0.4) is 0 Å². The van der Waals surface area contributed by atoms with Crippen LogP contribution in [0.5, 0.6) is 0 Å². The van der Waals surface area contributed by atoms with Gasteiger partial charge in [-0.1, -0.05) is 50.9 Å². The average Bonchev–Trinajstić information content (AvgIpc) is 2.58. The van der Waals surface area contributed by atoms with E-state index >= 15 is 0 Å². The Kier molecular flexibility index (Phi) is 3.35. The van der Waals surface area contributed by atoms with Crippen LogP contribution >= 0.6 is 23.2 Å². The Morgan fingerprint density at radius 1 is 1.29 bits per heavy atom. The van der Waals surface area contributed by atoms with Crippen LogP contribution in [0.15, 0.2) is 12.1 Å². The van der Waals surface area contributed by atoms with E-state index in [9.17, 15) is 0 Å². The zero-order valence-electron chi connectivity index (χ0n) is 10.8. The summed E-state index contributed by atoms with van der Waals surface area (Å²) in [6, 6.07) is 3.86. The van der Waals surface area contributed by atoms with Crippen LogP contribution in [-0.4, -0.2) is 6.54 Å². The van der Waals surface area contributed by atoms with Gasteiger partial charge < -0.3 is 5.32 Å². The molecule has 0 aromatic heterocycles. The van der Waals surface area contributed by atoms with E-state index in [1.54, 1.807) is 6.07 Å². The molecule has 0 spiro atoms. The van der Waals surface area contributed by atoms with Crippen LogP contribution in [0.2, 0.25) is 10.0 Å². The van der Waals surface area contributed by atoms with Gasteiger partial charge in [0, 0.05) is 17.5 Å². The predicted octanol–water partition coefficient (Wildman–Crippen LogP) is 5.18. The zero-order chi connectivity index (χ0) is 12.8. The van der Waals surface area contributed by atoms with E-state index in [1.807, 2.05) is 0 Å². The van der Waals surface area contributed by atoms with Crippen LogP contribution in [0.25, 0.3) is 0 Å². The van der Waals surface area contributed by atoms with E-state index in [0.717, 1.165) is 22.3 Å². The van der Waals surface area contributed by atoms with Gasteiger partial charge in [-0.3, -0.25) is 0 Å². The molecule has 0 saturated carbocycles. The molecule has 0 radical (unpaired) electrons. The van der Waals surface area contributed by atoms with E-state index in [2.05, 4.69) is 39.1 Å². The van der Waals surface area contributed by atoms with Crippen molar-refractivity contribution in [1.29, 1.82) is 0 Å². The molecule has 0 aliphatic carbocycles. The number of anilines is 1. The zero-order valence-corrected chi connectivity index (χ0v) is 12.3. The lowest BCUT2D eigenvalue weighted by atomic mass is 9.72. The van der Waals surface area contributed by atoms with Crippen molar-refractivity contribution < 1.29 is 0 Å². The topological polar surface area (TPSA) is 12.0 Å². The molecule has 0 bridgehead atoms. The summed E-state index contributed by atoms with van der Waals surface area (Å²) in [7, 11) is 0. The summed E-state index contributed by atoms with van der Waals surface area (Å²) in [5, 5.41) is 4.87. The van der Waals surface area contributed by atoms with Crippen molar-refractivity contribution in [3.05, 3.63) is 27.7 Å². The molecule has 3 heteroatoms. The van der Waals surface area contributed by atoms with Crippen molar-refractivity contribution in [2.75, 3.05) is 11.9 Å². The van der Waals surface area contributed by atoms with Crippen LogP contribution in [0.4, 0.5) is 5.69 Å². The summed E-state index contributed by atoms with van der Waals surface area (Å²) in [6.07, 6.45) is 0. The number of halogens is 2. The SMILES string of the molecule is CC(C1CNc2c(Cl)cc(Cl)cc21)C(C)(C)C. The van der Waals surface area contributed by atoms with E-state index in [-0.39, 0.29) is 5.41 Å². The number of nitrogens with one attached hydrogen (secondary N) is 1. The van der Waals surface area contributed by atoms with Gasteiger partial charge in [0.05, 0.1) is 10.7 Å². The molecular weight excluding hydrogens is 253 g/mol. The van der Waals surface area contributed by atoms with Crippen molar-refractivity contribution in [2.45, 2.75) is 33.6 Å². The fourth-order valence-corrected chi connectivity index (χ4v) is 3.02. The van der Waals surface area contributed by atoms with Crippen LogP contribution in [-0.2, 0) is 0 Å². The first-order chi connectivity index (χ1) is 7.80. The van der Waals surface area contributed by atoms with Crippen molar-refractivity contribution in [1.82, 2.24) is 0 Å². The second-order valence-corrected chi connectivity index (χ2v) is 6.84. The van der Waals surface area contributed by atoms with E-state index < -0.39 is 0 Å². The molecule has 2 atom stereocenters. The largest absolute Gasteiger partial charge is 0.383 e. The monoisotopic (exact) mass is 271 g/mol. The first kappa shape index (κ1) is 13.0. The molecule has 1 N–H and O–H groups in total. The predicted molar refractivity (Wildman–Crippen MR) is 76.3 cm³/mol. The fraction of sp³-hybridized carbons (Fsp3) is 0.571. The van der Waals surface area contributed by atoms with Gasteiger partial charge >= 0.3 is 0 Å². The van der Waals surface area contributed by atoms with Crippen LogP contribution in [0.1, 0.15) is 39.2 Å². The molecule has 1 aromatic rings. The van der Waals surface area contributed by atoms with Crippen molar-refractivity contribution in [3.63, 3.8) is 0 Å². The molecule has 0 saturated heterocycles. The molecule has 1 nitrogen and oxygen atoms in total. The molecule has 1 aromatic carbocycles.